The standard InChI is InChI=1S/C18H22F2N4O2/c1-22(2)18(26)9-17(25)16-8-13-11-23(5-6-24(13)21-16)10-12-3-4-14(19)15(20)7-12/h3-4,7-8,17,25H,5-6,9-11H2,1-2H3/t17-/m1/s1. The minimum absolute atomic E-state index is 0.0119. The van der Waals surface area contributed by atoms with E-state index in [1.54, 1.807) is 26.2 Å². The number of rotatable bonds is 5. The first-order valence-electron chi connectivity index (χ1n) is 8.44. The molecule has 0 saturated heterocycles. The van der Waals surface area contributed by atoms with Crippen LogP contribution >= 0.6 is 0 Å². The van der Waals surface area contributed by atoms with Crippen LogP contribution in [0.2, 0.25) is 0 Å². The maximum absolute atomic E-state index is 13.4. The second-order valence-electron chi connectivity index (χ2n) is 6.75. The number of amides is 1. The van der Waals surface area contributed by atoms with Gasteiger partial charge in [0, 0.05) is 33.7 Å². The van der Waals surface area contributed by atoms with Crippen LogP contribution in [0.5, 0.6) is 0 Å². The van der Waals surface area contributed by atoms with Crippen LogP contribution in [0.15, 0.2) is 24.3 Å². The summed E-state index contributed by atoms with van der Waals surface area (Å²) in [6.07, 6.45) is -0.954. The van der Waals surface area contributed by atoms with Crippen molar-refractivity contribution in [1.82, 2.24) is 19.6 Å². The zero-order valence-corrected chi connectivity index (χ0v) is 14.8. The second-order valence-corrected chi connectivity index (χ2v) is 6.75. The predicted molar refractivity (Wildman–Crippen MR) is 91.0 cm³/mol. The van der Waals surface area contributed by atoms with Gasteiger partial charge in [-0.2, -0.15) is 5.10 Å². The molecule has 1 aromatic heterocycles. The van der Waals surface area contributed by atoms with E-state index in [2.05, 4.69) is 10.00 Å². The van der Waals surface area contributed by atoms with E-state index in [1.165, 1.54) is 11.0 Å². The number of fused-ring (bicyclic) bond motifs is 1. The first-order chi connectivity index (χ1) is 12.3. The molecule has 26 heavy (non-hydrogen) atoms. The molecule has 1 aliphatic rings. The Hall–Kier alpha value is -2.32. The number of aliphatic hydroxyl groups excluding tert-OH is 1. The van der Waals surface area contributed by atoms with Crippen LogP contribution in [0.25, 0.3) is 0 Å². The minimum Gasteiger partial charge on any atom is -0.386 e. The fraction of sp³-hybridized carbons (Fsp3) is 0.444. The first kappa shape index (κ1) is 18.5. The molecular formula is C18H22F2N4O2. The number of aromatic nitrogens is 2. The maximum Gasteiger partial charge on any atom is 0.225 e. The third kappa shape index (κ3) is 4.08. The molecule has 2 aromatic rings. The Morgan fingerprint density at radius 2 is 2.04 bits per heavy atom. The molecule has 1 atom stereocenters. The molecule has 1 amide bonds. The molecule has 140 valence electrons. The van der Waals surface area contributed by atoms with Gasteiger partial charge in [0.15, 0.2) is 11.6 Å². The van der Waals surface area contributed by atoms with Crippen molar-refractivity contribution in [1.29, 1.82) is 0 Å². The maximum atomic E-state index is 13.4. The van der Waals surface area contributed by atoms with Gasteiger partial charge < -0.3 is 10.0 Å². The molecule has 6 nitrogen and oxygen atoms in total. The molecule has 2 heterocycles. The summed E-state index contributed by atoms with van der Waals surface area (Å²) in [7, 11) is 3.28. The Balaban J connectivity index is 1.66. The lowest BCUT2D eigenvalue weighted by Gasteiger charge is -2.27. The highest BCUT2D eigenvalue weighted by Crippen LogP contribution is 2.22. The van der Waals surface area contributed by atoms with Crippen molar-refractivity contribution in [2.24, 2.45) is 0 Å². The number of carbonyl (C=O) groups is 1. The largest absolute Gasteiger partial charge is 0.386 e. The molecule has 0 radical (unpaired) electrons. The van der Waals surface area contributed by atoms with Crippen LogP contribution in [0, 0.1) is 11.6 Å². The van der Waals surface area contributed by atoms with Gasteiger partial charge in [0.25, 0.3) is 0 Å². The molecule has 0 fully saturated rings. The van der Waals surface area contributed by atoms with Gasteiger partial charge in [0.05, 0.1) is 24.4 Å². The molecule has 1 aliphatic heterocycles. The Morgan fingerprint density at radius 1 is 1.27 bits per heavy atom. The van der Waals surface area contributed by atoms with Gasteiger partial charge in [-0.25, -0.2) is 8.78 Å². The highest BCUT2D eigenvalue weighted by molar-refractivity contribution is 5.76. The SMILES string of the molecule is CN(C)C(=O)C[C@@H](O)c1cc2n(n1)CCN(Cc1ccc(F)c(F)c1)C2. The fourth-order valence-corrected chi connectivity index (χ4v) is 2.99. The summed E-state index contributed by atoms with van der Waals surface area (Å²) < 4.78 is 28.2. The summed E-state index contributed by atoms with van der Waals surface area (Å²) in [6, 6.07) is 5.72. The summed E-state index contributed by atoms with van der Waals surface area (Å²) in [5, 5.41) is 14.6. The van der Waals surface area contributed by atoms with E-state index in [-0.39, 0.29) is 12.3 Å². The lowest BCUT2D eigenvalue weighted by Crippen LogP contribution is -2.33. The third-order valence-corrected chi connectivity index (χ3v) is 4.49. The quantitative estimate of drug-likeness (QED) is 0.877. The van der Waals surface area contributed by atoms with Crippen molar-refractivity contribution >= 4 is 5.91 Å². The van der Waals surface area contributed by atoms with E-state index >= 15 is 0 Å². The number of aliphatic hydroxyl groups is 1. The predicted octanol–water partition coefficient (Wildman–Crippen LogP) is 1.69. The molecule has 0 saturated carbocycles. The lowest BCUT2D eigenvalue weighted by molar-refractivity contribution is -0.130. The smallest absolute Gasteiger partial charge is 0.225 e. The Bertz CT molecular complexity index is 806. The third-order valence-electron chi connectivity index (χ3n) is 4.49. The van der Waals surface area contributed by atoms with Crippen molar-refractivity contribution in [2.75, 3.05) is 20.6 Å². The molecule has 3 rings (SSSR count). The second kappa shape index (κ2) is 7.51. The number of carbonyl (C=O) groups excluding carboxylic acids is 1. The van der Waals surface area contributed by atoms with Gasteiger partial charge in [-0.3, -0.25) is 14.4 Å². The molecule has 0 spiro atoms. The Morgan fingerprint density at radius 3 is 2.73 bits per heavy atom. The summed E-state index contributed by atoms with van der Waals surface area (Å²) in [4.78, 5) is 15.3. The number of hydrogen-bond acceptors (Lipinski definition) is 4. The highest BCUT2D eigenvalue weighted by Gasteiger charge is 2.23. The molecule has 8 heteroatoms. The Labute approximate surface area is 150 Å². The van der Waals surface area contributed by atoms with E-state index in [4.69, 9.17) is 0 Å². The summed E-state index contributed by atoms with van der Waals surface area (Å²) in [6.45, 7) is 2.42. The van der Waals surface area contributed by atoms with Gasteiger partial charge in [-0.05, 0) is 23.8 Å². The van der Waals surface area contributed by atoms with E-state index < -0.39 is 17.7 Å². The monoisotopic (exact) mass is 364 g/mol. The van der Waals surface area contributed by atoms with Gasteiger partial charge in [-0.15, -0.1) is 0 Å². The molecule has 1 aromatic carbocycles. The first-order valence-corrected chi connectivity index (χ1v) is 8.44. The van der Waals surface area contributed by atoms with Crippen molar-refractivity contribution in [3.63, 3.8) is 0 Å². The number of benzene rings is 1. The average molecular weight is 364 g/mol. The minimum atomic E-state index is -0.942. The lowest BCUT2D eigenvalue weighted by atomic mass is 10.1. The van der Waals surface area contributed by atoms with Crippen molar-refractivity contribution < 1.29 is 18.7 Å². The summed E-state index contributed by atoms with van der Waals surface area (Å²) >= 11 is 0. The van der Waals surface area contributed by atoms with Gasteiger partial charge in [0.2, 0.25) is 5.91 Å². The van der Waals surface area contributed by atoms with E-state index in [0.717, 1.165) is 11.8 Å². The summed E-state index contributed by atoms with van der Waals surface area (Å²) in [5.74, 6) is -1.86. The molecule has 1 N–H and O–H groups in total. The molecule has 0 aliphatic carbocycles. The number of halogens is 2. The highest BCUT2D eigenvalue weighted by atomic mass is 19.2. The zero-order chi connectivity index (χ0) is 18.8. The molecule has 0 unspecified atom stereocenters. The normalized spacial score (nSPS) is 15.6. The topological polar surface area (TPSA) is 61.6 Å². The van der Waals surface area contributed by atoms with E-state index in [1.807, 2.05) is 4.68 Å². The van der Waals surface area contributed by atoms with Gasteiger partial charge in [-0.1, -0.05) is 6.07 Å². The zero-order valence-electron chi connectivity index (χ0n) is 14.8. The van der Waals surface area contributed by atoms with E-state index in [9.17, 15) is 18.7 Å². The Kier molecular flexibility index (Phi) is 5.33. The molecular weight excluding hydrogens is 342 g/mol. The van der Waals surface area contributed by atoms with Crippen molar-refractivity contribution in [3.8, 4) is 0 Å². The van der Waals surface area contributed by atoms with Crippen LogP contribution in [0.3, 0.4) is 0 Å². The number of hydrogen-bond donors (Lipinski definition) is 1. The molecule has 0 bridgehead atoms. The van der Waals surface area contributed by atoms with Crippen LogP contribution in [0.1, 0.15) is 29.5 Å². The summed E-state index contributed by atoms with van der Waals surface area (Å²) in [5.41, 5.74) is 2.10. The van der Waals surface area contributed by atoms with Gasteiger partial charge in [0.1, 0.15) is 6.10 Å². The van der Waals surface area contributed by atoms with Crippen molar-refractivity contribution in [3.05, 3.63) is 52.9 Å². The van der Waals surface area contributed by atoms with Crippen LogP contribution < -0.4 is 0 Å². The van der Waals surface area contributed by atoms with Crippen LogP contribution in [-0.2, 0) is 24.4 Å². The van der Waals surface area contributed by atoms with Crippen LogP contribution in [-0.4, -0.2) is 51.2 Å². The van der Waals surface area contributed by atoms with E-state index in [0.29, 0.717) is 37.4 Å². The van der Waals surface area contributed by atoms with Crippen LogP contribution in [0.4, 0.5) is 8.78 Å². The fourth-order valence-electron chi connectivity index (χ4n) is 2.99. The average Bonchev–Trinajstić information content (AvgIpc) is 3.01. The van der Waals surface area contributed by atoms with Gasteiger partial charge >= 0.3 is 0 Å². The number of nitrogens with zero attached hydrogens (tertiary/aromatic N) is 4. The van der Waals surface area contributed by atoms with Crippen molar-refractivity contribution in [2.45, 2.75) is 32.2 Å².